The molecular weight excluding hydrogens is 352 g/mol. The Labute approximate surface area is 142 Å². The Hall–Kier alpha value is -3.05. The van der Waals surface area contributed by atoms with Gasteiger partial charge in [0, 0.05) is 17.7 Å². The molecule has 0 spiro atoms. The minimum atomic E-state index is -4.73. The summed E-state index contributed by atoms with van der Waals surface area (Å²) in [6.45, 7) is 1.68. The molecule has 3 N–H and O–H groups in total. The number of ether oxygens (including phenoxy) is 1. The molecule has 0 saturated heterocycles. The van der Waals surface area contributed by atoms with Crippen molar-refractivity contribution in [1.29, 1.82) is 0 Å². The number of benzene rings is 2. The zero-order valence-electron chi connectivity index (χ0n) is 13.2. The third-order valence-electron chi connectivity index (χ3n) is 3.31. The molecule has 0 amide bonds. The Morgan fingerprint density at radius 3 is 2.36 bits per heavy atom. The van der Waals surface area contributed by atoms with Gasteiger partial charge in [-0.3, -0.25) is 14.7 Å². The van der Waals surface area contributed by atoms with Crippen molar-refractivity contribution >= 4 is 32.9 Å². The normalized spacial score (nSPS) is 11.6. The van der Waals surface area contributed by atoms with Crippen molar-refractivity contribution in [1.82, 2.24) is 0 Å². The molecule has 0 heterocycles. The number of nitrogen functional groups attached to an aromatic ring is 1. The first-order valence-electron chi connectivity index (χ1n) is 6.76. The summed E-state index contributed by atoms with van der Waals surface area (Å²) >= 11 is 0. The summed E-state index contributed by atoms with van der Waals surface area (Å²) in [6.07, 6.45) is 0. The van der Waals surface area contributed by atoms with E-state index in [9.17, 15) is 23.1 Å². The summed E-state index contributed by atoms with van der Waals surface area (Å²) in [4.78, 5) is 9.26. The second-order valence-electron chi connectivity index (χ2n) is 4.92. The molecule has 0 aliphatic rings. The lowest BCUT2D eigenvalue weighted by Crippen LogP contribution is -2.00. The predicted molar refractivity (Wildman–Crippen MR) is 89.2 cm³/mol. The molecule has 0 bridgehead atoms. The fourth-order valence-corrected chi connectivity index (χ4v) is 2.74. The zero-order valence-corrected chi connectivity index (χ0v) is 14.0. The molecule has 0 atom stereocenters. The highest BCUT2D eigenvalue weighted by molar-refractivity contribution is 7.86. The van der Waals surface area contributed by atoms with Crippen LogP contribution in [0.15, 0.2) is 45.5 Å². The number of nitro groups is 1. The molecule has 0 radical (unpaired) electrons. The maximum absolute atomic E-state index is 11.4. The Balaban J connectivity index is 2.54. The van der Waals surface area contributed by atoms with Gasteiger partial charge in [-0.05, 0) is 25.1 Å². The van der Waals surface area contributed by atoms with Gasteiger partial charge in [-0.25, -0.2) is 0 Å². The lowest BCUT2D eigenvalue weighted by molar-refractivity contribution is -0.385. The maximum atomic E-state index is 11.4. The second kappa shape index (κ2) is 6.83. The van der Waals surface area contributed by atoms with Gasteiger partial charge in [0.05, 0.1) is 23.4 Å². The molecule has 0 aliphatic carbocycles. The molecule has 11 heteroatoms. The molecule has 25 heavy (non-hydrogen) atoms. The van der Waals surface area contributed by atoms with Crippen LogP contribution in [0.25, 0.3) is 0 Å². The van der Waals surface area contributed by atoms with Crippen LogP contribution in [0.5, 0.6) is 5.75 Å². The lowest BCUT2D eigenvalue weighted by Gasteiger charge is -2.09. The molecule has 132 valence electrons. The van der Waals surface area contributed by atoms with Crippen molar-refractivity contribution in [3.8, 4) is 5.75 Å². The third-order valence-corrected chi connectivity index (χ3v) is 4.19. The highest BCUT2D eigenvalue weighted by Gasteiger charge is 2.20. The minimum absolute atomic E-state index is 0.247. The molecular formula is C14H14N4O6S. The van der Waals surface area contributed by atoms with Crippen LogP contribution in [-0.2, 0) is 10.1 Å². The van der Waals surface area contributed by atoms with E-state index < -0.39 is 25.6 Å². The van der Waals surface area contributed by atoms with Crippen LogP contribution in [0.4, 0.5) is 22.7 Å². The smallest absolute Gasteiger partial charge is 0.297 e. The summed E-state index contributed by atoms with van der Waals surface area (Å²) in [5.74, 6) is 0.398. The first kappa shape index (κ1) is 18.3. The minimum Gasteiger partial charge on any atom is -0.494 e. The number of nitrogens with two attached hydrogens (primary N) is 1. The van der Waals surface area contributed by atoms with Gasteiger partial charge < -0.3 is 10.5 Å². The Morgan fingerprint density at radius 1 is 1.20 bits per heavy atom. The molecule has 10 nitrogen and oxygen atoms in total. The van der Waals surface area contributed by atoms with E-state index >= 15 is 0 Å². The summed E-state index contributed by atoms with van der Waals surface area (Å²) in [5, 5.41) is 18.5. The third kappa shape index (κ3) is 3.89. The highest BCUT2D eigenvalue weighted by atomic mass is 32.2. The zero-order chi connectivity index (χ0) is 18.8. The average molecular weight is 366 g/mol. The lowest BCUT2D eigenvalue weighted by atomic mass is 10.1. The molecule has 0 unspecified atom stereocenters. The van der Waals surface area contributed by atoms with Gasteiger partial charge in [-0.2, -0.15) is 13.5 Å². The van der Waals surface area contributed by atoms with Gasteiger partial charge in [0.2, 0.25) is 0 Å². The first-order valence-corrected chi connectivity index (χ1v) is 8.20. The monoisotopic (exact) mass is 366 g/mol. The Morgan fingerprint density at radius 2 is 1.80 bits per heavy atom. The van der Waals surface area contributed by atoms with Crippen LogP contribution >= 0.6 is 0 Å². The van der Waals surface area contributed by atoms with E-state index in [4.69, 9.17) is 10.5 Å². The SMILES string of the molecule is COc1c(N)ccc(N=Nc2ccc([N+](=O)[O-])cc2S(=O)(=O)O)c1C. The molecule has 2 rings (SSSR count). The highest BCUT2D eigenvalue weighted by Crippen LogP contribution is 2.35. The largest absolute Gasteiger partial charge is 0.494 e. The summed E-state index contributed by atoms with van der Waals surface area (Å²) < 4.78 is 37.3. The van der Waals surface area contributed by atoms with Crippen LogP contribution in [0.2, 0.25) is 0 Å². The fraction of sp³-hybridized carbons (Fsp3) is 0.143. The molecule has 2 aromatic carbocycles. The number of methoxy groups -OCH3 is 1. The van der Waals surface area contributed by atoms with Crippen LogP contribution < -0.4 is 10.5 Å². The van der Waals surface area contributed by atoms with Crippen LogP contribution in [0.3, 0.4) is 0 Å². The molecule has 0 aliphatic heterocycles. The van der Waals surface area contributed by atoms with Crippen molar-refractivity contribution in [2.45, 2.75) is 11.8 Å². The molecule has 2 aromatic rings. The molecule has 0 fully saturated rings. The van der Waals surface area contributed by atoms with Crippen molar-refractivity contribution < 1.29 is 22.6 Å². The number of rotatable bonds is 5. The van der Waals surface area contributed by atoms with E-state index in [1.807, 2.05) is 0 Å². The van der Waals surface area contributed by atoms with E-state index in [1.54, 1.807) is 19.1 Å². The summed E-state index contributed by atoms with van der Waals surface area (Å²) in [7, 11) is -3.29. The van der Waals surface area contributed by atoms with E-state index in [1.165, 1.54) is 7.11 Å². The summed E-state index contributed by atoms with van der Waals surface area (Å²) in [5.41, 5.74) is 6.33. The molecule has 0 saturated carbocycles. The Kier molecular flexibility index (Phi) is 4.99. The van der Waals surface area contributed by atoms with Crippen LogP contribution in [0.1, 0.15) is 5.56 Å². The molecule has 0 aromatic heterocycles. The standard InChI is InChI=1S/C14H14N4O6S/c1-8-11(6-4-10(15)14(8)24-2)16-17-12-5-3-9(18(19)20)7-13(12)25(21,22)23/h3-7H,15H2,1-2H3,(H,21,22,23). The Bertz CT molecular complexity index is 972. The van der Waals surface area contributed by atoms with Gasteiger partial charge >= 0.3 is 0 Å². The van der Waals surface area contributed by atoms with Gasteiger partial charge in [0.15, 0.2) is 0 Å². The van der Waals surface area contributed by atoms with Gasteiger partial charge in [0.1, 0.15) is 16.3 Å². The number of nitrogens with zero attached hydrogens (tertiary/aromatic N) is 3. The number of hydrogen-bond acceptors (Lipinski definition) is 8. The van der Waals surface area contributed by atoms with Gasteiger partial charge in [-0.1, -0.05) is 0 Å². The second-order valence-corrected chi connectivity index (χ2v) is 6.31. The topological polar surface area (TPSA) is 157 Å². The van der Waals surface area contributed by atoms with E-state index in [0.29, 0.717) is 28.8 Å². The quantitative estimate of drug-likeness (QED) is 0.270. The van der Waals surface area contributed by atoms with Crippen molar-refractivity contribution in [3.63, 3.8) is 0 Å². The van der Waals surface area contributed by atoms with Gasteiger partial charge in [0.25, 0.3) is 15.8 Å². The predicted octanol–water partition coefficient (Wildman–Crippen LogP) is 3.16. The van der Waals surface area contributed by atoms with Crippen LogP contribution in [-0.4, -0.2) is 25.0 Å². The fourth-order valence-electron chi connectivity index (χ4n) is 2.09. The van der Waals surface area contributed by atoms with E-state index in [-0.39, 0.29) is 5.69 Å². The first-order chi connectivity index (χ1) is 11.6. The number of hydrogen-bond donors (Lipinski definition) is 2. The number of non-ortho nitro benzene ring substituents is 1. The maximum Gasteiger partial charge on any atom is 0.297 e. The number of anilines is 1. The average Bonchev–Trinajstić information content (AvgIpc) is 2.53. The van der Waals surface area contributed by atoms with Gasteiger partial charge in [-0.15, -0.1) is 5.11 Å². The van der Waals surface area contributed by atoms with Crippen LogP contribution in [0, 0.1) is 17.0 Å². The van der Waals surface area contributed by atoms with E-state index in [0.717, 1.165) is 12.1 Å². The number of azo groups is 1. The van der Waals surface area contributed by atoms with Crippen molar-refractivity contribution in [2.75, 3.05) is 12.8 Å². The van der Waals surface area contributed by atoms with E-state index in [2.05, 4.69) is 10.2 Å². The number of nitro benzene ring substituents is 1. The summed E-state index contributed by atoms with van der Waals surface area (Å²) in [6, 6.07) is 5.93. The van der Waals surface area contributed by atoms with Crippen molar-refractivity contribution in [2.24, 2.45) is 10.2 Å². The van der Waals surface area contributed by atoms with Crippen molar-refractivity contribution in [3.05, 3.63) is 46.0 Å².